The van der Waals surface area contributed by atoms with E-state index in [1.807, 2.05) is 13.8 Å². The lowest BCUT2D eigenvalue weighted by atomic mass is 9.98. The van der Waals surface area contributed by atoms with Crippen molar-refractivity contribution < 1.29 is 4.74 Å². The molecule has 1 aromatic rings. The van der Waals surface area contributed by atoms with Gasteiger partial charge < -0.3 is 24.8 Å². The van der Waals surface area contributed by atoms with Crippen LogP contribution in [0.4, 0.5) is 0 Å². The number of likely N-dealkylation sites (N-methyl/N-ethyl adjacent to an activating group) is 1. The lowest BCUT2D eigenvalue weighted by Crippen LogP contribution is -2.46. The maximum Gasteiger partial charge on any atom is 0.102 e. The van der Waals surface area contributed by atoms with Crippen LogP contribution in [-0.2, 0) is 4.74 Å². The summed E-state index contributed by atoms with van der Waals surface area (Å²) in [5.41, 5.74) is 5.34. The Kier molecular flexibility index (Phi) is 11.9. The average molecular weight is 550 g/mol. The van der Waals surface area contributed by atoms with Crippen molar-refractivity contribution in [2.75, 3.05) is 46.4 Å². The van der Waals surface area contributed by atoms with Crippen molar-refractivity contribution in [2.24, 2.45) is 16.8 Å². The van der Waals surface area contributed by atoms with Crippen LogP contribution in [-0.4, -0.2) is 85.1 Å². The predicted octanol–water partition coefficient (Wildman–Crippen LogP) is 6.34. The van der Waals surface area contributed by atoms with Gasteiger partial charge in [0, 0.05) is 56.6 Å². The highest BCUT2D eigenvalue weighted by atomic mass is 16.5. The first-order valence-electron chi connectivity index (χ1n) is 15.5. The molecule has 3 heterocycles. The second-order valence-electron chi connectivity index (χ2n) is 11.8. The second-order valence-corrected chi connectivity index (χ2v) is 11.8. The summed E-state index contributed by atoms with van der Waals surface area (Å²) in [6, 6.07) is 9.23. The number of nitrogens with one attached hydrogen (secondary N) is 1. The molecule has 40 heavy (non-hydrogen) atoms. The Hall–Kier alpha value is -2.57. The number of allylic oxidation sites excluding steroid dienone is 1. The van der Waals surface area contributed by atoms with Crippen molar-refractivity contribution in [3.05, 3.63) is 60.3 Å². The van der Waals surface area contributed by atoms with Crippen LogP contribution in [0.3, 0.4) is 0 Å². The zero-order valence-corrected chi connectivity index (χ0v) is 26.5. The highest BCUT2D eigenvalue weighted by Gasteiger charge is 2.44. The monoisotopic (exact) mass is 549 g/mol. The summed E-state index contributed by atoms with van der Waals surface area (Å²) < 4.78 is 6.04. The third-order valence-electron chi connectivity index (χ3n) is 8.42. The van der Waals surface area contributed by atoms with Crippen LogP contribution in [0.2, 0.25) is 0 Å². The van der Waals surface area contributed by atoms with Crippen LogP contribution in [0.15, 0.2) is 54.2 Å². The normalized spacial score (nSPS) is 24.5. The van der Waals surface area contributed by atoms with Gasteiger partial charge in [0.15, 0.2) is 0 Å². The predicted molar refractivity (Wildman–Crippen MR) is 172 cm³/mol. The van der Waals surface area contributed by atoms with Gasteiger partial charge in [0.05, 0.1) is 23.9 Å². The van der Waals surface area contributed by atoms with Crippen LogP contribution < -0.4 is 5.32 Å². The highest BCUT2D eigenvalue weighted by Crippen LogP contribution is 2.36. The number of aliphatic imine (C=N–C) groups is 1. The molecule has 1 N–H and O–H groups in total. The van der Waals surface area contributed by atoms with Gasteiger partial charge >= 0.3 is 0 Å². The van der Waals surface area contributed by atoms with Crippen molar-refractivity contribution in [1.29, 1.82) is 0 Å². The summed E-state index contributed by atoms with van der Waals surface area (Å²) in [6.45, 7) is 30.1. The molecule has 4 atom stereocenters. The van der Waals surface area contributed by atoms with Gasteiger partial charge in [0.25, 0.3) is 0 Å². The Morgan fingerprint density at radius 2 is 1.73 bits per heavy atom. The van der Waals surface area contributed by atoms with Crippen LogP contribution >= 0.6 is 0 Å². The quantitative estimate of drug-likeness (QED) is 0.288. The van der Waals surface area contributed by atoms with Crippen LogP contribution in [0.1, 0.15) is 72.4 Å². The minimum atomic E-state index is 0.149. The molecule has 0 aliphatic carbocycles. The van der Waals surface area contributed by atoms with Gasteiger partial charge in [-0.15, -0.1) is 0 Å². The lowest BCUT2D eigenvalue weighted by Gasteiger charge is -2.34. The van der Waals surface area contributed by atoms with Gasteiger partial charge in [-0.1, -0.05) is 78.1 Å². The van der Waals surface area contributed by atoms with E-state index in [4.69, 9.17) is 9.73 Å². The standard InChI is InChI=1S/C32H49N5O.C2H6/c1-9-29(34-26(7)36-17-15-35(8)16-18-36)28-12-10-27(11-13-28)24(5)33-30(20-22(2)3)25(6)37-21-23(4)32-31(37)14-19-38-32;1-2/h9-13,22-23,30-33H,5-6,14-21H2,1-4,7-8H3;1-2H3/b29-9-,34-26?;. The molecule has 0 radical (unpaired) electrons. The van der Waals surface area contributed by atoms with Gasteiger partial charge in [-0.25, -0.2) is 4.99 Å². The second kappa shape index (κ2) is 14.9. The van der Waals surface area contributed by atoms with Gasteiger partial charge in [-0.3, -0.25) is 0 Å². The van der Waals surface area contributed by atoms with Crippen LogP contribution in [0.5, 0.6) is 0 Å². The lowest BCUT2D eigenvalue weighted by molar-refractivity contribution is 0.0813. The van der Waals surface area contributed by atoms with E-state index in [2.05, 4.69) is 105 Å². The molecule has 4 unspecified atom stereocenters. The number of amidine groups is 1. The molecule has 0 bridgehead atoms. The first-order chi connectivity index (χ1) is 19.2. The SMILES string of the molecule is C=C(NC(CC(C)C)C(=C)N1CC(C)C2OCCC21)c1ccc(/C(=C/C)N=C(C)N2CCN(C)CC2)cc1.CC. The van der Waals surface area contributed by atoms with E-state index in [0.717, 1.165) is 80.5 Å². The van der Waals surface area contributed by atoms with E-state index < -0.39 is 0 Å². The first kappa shape index (κ1) is 32.0. The molecule has 3 aliphatic rings. The summed E-state index contributed by atoms with van der Waals surface area (Å²) in [6.07, 6.45) is 4.55. The Bertz CT molecular complexity index is 1030. The number of ether oxygens (including phenoxy) is 1. The highest BCUT2D eigenvalue weighted by molar-refractivity contribution is 5.86. The molecule has 3 saturated heterocycles. The number of hydrogen-bond donors (Lipinski definition) is 1. The number of hydrogen-bond acceptors (Lipinski definition) is 5. The van der Waals surface area contributed by atoms with E-state index in [1.54, 1.807) is 0 Å². The number of fused-ring (bicyclic) bond motifs is 1. The maximum atomic E-state index is 6.04. The van der Waals surface area contributed by atoms with E-state index >= 15 is 0 Å². The van der Waals surface area contributed by atoms with E-state index in [-0.39, 0.29) is 6.04 Å². The molecule has 4 rings (SSSR count). The summed E-state index contributed by atoms with van der Waals surface area (Å²) in [5.74, 6) is 2.18. The van der Waals surface area contributed by atoms with Crippen molar-refractivity contribution in [1.82, 2.24) is 20.0 Å². The third kappa shape index (κ3) is 7.79. The van der Waals surface area contributed by atoms with Gasteiger partial charge in [-0.05, 0) is 50.8 Å². The van der Waals surface area contributed by atoms with Crippen LogP contribution in [0.25, 0.3) is 11.4 Å². The van der Waals surface area contributed by atoms with E-state index in [9.17, 15) is 0 Å². The summed E-state index contributed by atoms with van der Waals surface area (Å²) >= 11 is 0. The molecule has 3 fully saturated rings. The number of nitrogens with zero attached hydrogens (tertiary/aromatic N) is 4. The Labute approximate surface area is 244 Å². The summed E-state index contributed by atoms with van der Waals surface area (Å²) in [4.78, 5) is 12.2. The zero-order valence-electron chi connectivity index (χ0n) is 26.5. The molecule has 0 aromatic heterocycles. The van der Waals surface area contributed by atoms with Crippen LogP contribution in [0, 0.1) is 11.8 Å². The minimum absolute atomic E-state index is 0.149. The third-order valence-corrected chi connectivity index (χ3v) is 8.42. The number of piperazine rings is 1. The fourth-order valence-electron chi connectivity index (χ4n) is 6.11. The number of rotatable bonds is 9. The summed E-state index contributed by atoms with van der Waals surface area (Å²) in [5, 5.41) is 3.75. The Morgan fingerprint density at radius 1 is 1.10 bits per heavy atom. The molecular formula is C34H55N5O. The molecule has 0 amide bonds. The molecule has 6 heteroatoms. The average Bonchev–Trinajstić information content (AvgIpc) is 3.56. The first-order valence-corrected chi connectivity index (χ1v) is 15.5. The fourth-order valence-corrected chi connectivity index (χ4v) is 6.11. The molecule has 0 saturated carbocycles. The molecule has 0 spiro atoms. The largest absolute Gasteiger partial charge is 0.377 e. The van der Waals surface area contributed by atoms with Crippen molar-refractivity contribution in [3.8, 4) is 0 Å². The van der Waals surface area contributed by atoms with Crippen molar-refractivity contribution in [2.45, 2.75) is 79.5 Å². The van der Waals surface area contributed by atoms with E-state index in [1.165, 1.54) is 5.70 Å². The number of benzene rings is 1. The molecule has 3 aliphatic heterocycles. The van der Waals surface area contributed by atoms with Gasteiger partial charge in [0.2, 0.25) is 0 Å². The Balaban J connectivity index is 0.00000216. The van der Waals surface area contributed by atoms with E-state index in [0.29, 0.717) is 24.0 Å². The van der Waals surface area contributed by atoms with Crippen molar-refractivity contribution >= 4 is 17.2 Å². The Morgan fingerprint density at radius 3 is 2.33 bits per heavy atom. The summed E-state index contributed by atoms with van der Waals surface area (Å²) in [7, 11) is 2.18. The maximum absolute atomic E-state index is 6.04. The van der Waals surface area contributed by atoms with Crippen molar-refractivity contribution in [3.63, 3.8) is 0 Å². The molecular weight excluding hydrogens is 494 g/mol. The molecule has 222 valence electrons. The smallest absolute Gasteiger partial charge is 0.102 e. The van der Waals surface area contributed by atoms with Gasteiger partial charge in [0.1, 0.15) is 5.84 Å². The fraction of sp³-hybridized carbons (Fsp3) is 0.618. The van der Waals surface area contributed by atoms with Gasteiger partial charge in [-0.2, -0.15) is 0 Å². The number of likely N-dealkylation sites (tertiary alicyclic amines) is 1. The zero-order chi connectivity index (χ0) is 29.4. The topological polar surface area (TPSA) is 43.3 Å². The molecule has 6 nitrogen and oxygen atoms in total. The minimum Gasteiger partial charge on any atom is -0.377 e. The molecule has 1 aromatic carbocycles.